The smallest absolute Gasteiger partial charge is 0.255 e. The second kappa shape index (κ2) is 7.36. The first-order valence-electron chi connectivity index (χ1n) is 5.76. The molecule has 0 heterocycles. The fourth-order valence-corrected chi connectivity index (χ4v) is 1.83. The highest BCUT2D eigenvalue weighted by molar-refractivity contribution is 6.34. The Kier molecular flexibility index (Phi) is 6.12. The zero-order valence-corrected chi connectivity index (χ0v) is 11.4. The molecule has 1 rings (SSSR count). The van der Waals surface area contributed by atoms with Gasteiger partial charge in [0, 0.05) is 20.2 Å². The van der Waals surface area contributed by atoms with E-state index in [0.29, 0.717) is 23.7 Å². The van der Waals surface area contributed by atoms with Crippen molar-refractivity contribution in [2.75, 3.05) is 33.4 Å². The van der Waals surface area contributed by atoms with Gasteiger partial charge in [0.25, 0.3) is 5.91 Å². The van der Waals surface area contributed by atoms with E-state index in [0.717, 1.165) is 5.56 Å². The third kappa shape index (κ3) is 3.70. The quantitative estimate of drug-likeness (QED) is 0.857. The lowest BCUT2D eigenvalue weighted by molar-refractivity contribution is 0.0656. The Balaban J connectivity index is 2.90. The van der Waals surface area contributed by atoms with Gasteiger partial charge in [-0.1, -0.05) is 23.7 Å². The van der Waals surface area contributed by atoms with Crippen LogP contribution in [0.3, 0.4) is 0 Å². The Bertz CT molecular complexity index is 409. The number of aliphatic hydroxyl groups is 1. The fraction of sp³-hybridized carbons (Fsp3) is 0.462. The van der Waals surface area contributed by atoms with Gasteiger partial charge in [0.2, 0.25) is 0 Å². The van der Waals surface area contributed by atoms with Crippen LogP contribution in [0, 0.1) is 6.92 Å². The summed E-state index contributed by atoms with van der Waals surface area (Å²) in [7, 11) is 1.57. The number of aryl methyl sites for hydroxylation is 1. The number of hydrogen-bond donors (Lipinski definition) is 1. The topological polar surface area (TPSA) is 49.8 Å². The van der Waals surface area contributed by atoms with E-state index in [9.17, 15) is 4.79 Å². The van der Waals surface area contributed by atoms with Crippen LogP contribution in [0.5, 0.6) is 0 Å². The number of carbonyl (C=O) groups excluding carboxylic acids is 1. The predicted molar refractivity (Wildman–Crippen MR) is 71.1 cm³/mol. The molecule has 1 N–H and O–H groups in total. The van der Waals surface area contributed by atoms with Gasteiger partial charge in [-0.15, -0.1) is 0 Å². The van der Waals surface area contributed by atoms with Crippen molar-refractivity contribution in [3.63, 3.8) is 0 Å². The van der Waals surface area contributed by atoms with E-state index in [-0.39, 0.29) is 19.1 Å². The van der Waals surface area contributed by atoms with E-state index >= 15 is 0 Å². The highest BCUT2D eigenvalue weighted by Gasteiger charge is 2.18. The van der Waals surface area contributed by atoms with Crippen molar-refractivity contribution in [3.8, 4) is 0 Å². The standard InChI is InChI=1S/C13H18ClNO3/c1-10-4-3-5-11(12(10)14)13(17)15(6-8-16)7-9-18-2/h3-5,16H,6-9H2,1-2H3. The highest BCUT2D eigenvalue weighted by atomic mass is 35.5. The minimum atomic E-state index is -0.185. The van der Waals surface area contributed by atoms with Crippen molar-refractivity contribution in [1.82, 2.24) is 4.90 Å². The lowest BCUT2D eigenvalue weighted by Gasteiger charge is -2.22. The van der Waals surface area contributed by atoms with Crippen LogP contribution < -0.4 is 0 Å². The lowest BCUT2D eigenvalue weighted by atomic mass is 10.1. The number of rotatable bonds is 6. The normalized spacial score (nSPS) is 10.4. The Morgan fingerprint density at radius 2 is 2.17 bits per heavy atom. The maximum Gasteiger partial charge on any atom is 0.255 e. The third-order valence-electron chi connectivity index (χ3n) is 2.64. The van der Waals surface area contributed by atoms with Gasteiger partial charge in [0.1, 0.15) is 0 Å². The van der Waals surface area contributed by atoms with Crippen LogP contribution >= 0.6 is 11.6 Å². The summed E-state index contributed by atoms with van der Waals surface area (Å²) in [5.41, 5.74) is 1.32. The van der Waals surface area contributed by atoms with Crippen molar-refractivity contribution in [3.05, 3.63) is 34.3 Å². The maximum absolute atomic E-state index is 12.3. The summed E-state index contributed by atoms with van der Waals surface area (Å²) in [6, 6.07) is 5.33. The molecule has 0 bridgehead atoms. The number of hydrogen-bond acceptors (Lipinski definition) is 3. The van der Waals surface area contributed by atoms with E-state index in [2.05, 4.69) is 0 Å². The summed E-state index contributed by atoms with van der Waals surface area (Å²) in [4.78, 5) is 13.8. The summed E-state index contributed by atoms with van der Waals surface area (Å²) in [6.07, 6.45) is 0. The molecule has 0 radical (unpaired) electrons. The molecule has 18 heavy (non-hydrogen) atoms. The SMILES string of the molecule is COCCN(CCO)C(=O)c1cccc(C)c1Cl. The van der Waals surface area contributed by atoms with E-state index in [1.165, 1.54) is 4.90 Å². The number of carbonyl (C=O) groups is 1. The molecule has 5 heteroatoms. The van der Waals surface area contributed by atoms with Crippen LogP contribution in [0.1, 0.15) is 15.9 Å². The molecule has 0 fully saturated rings. The molecule has 100 valence electrons. The number of aliphatic hydroxyl groups excluding tert-OH is 1. The lowest BCUT2D eigenvalue weighted by Crippen LogP contribution is -2.36. The van der Waals surface area contributed by atoms with Gasteiger partial charge < -0.3 is 14.7 Å². The van der Waals surface area contributed by atoms with Crippen molar-refractivity contribution in [2.24, 2.45) is 0 Å². The molecule has 0 aliphatic rings. The molecule has 1 amide bonds. The summed E-state index contributed by atoms with van der Waals surface area (Å²) >= 11 is 6.13. The first-order valence-corrected chi connectivity index (χ1v) is 6.13. The molecule has 1 aromatic rings. The van der Waals surface area contributed by atoms with Crippen LogP contribution in [0.25, 0.3) is 0 Å². The van der Waals surface area contributed by atoms with Gasteiger partial charge in [-0.05, 0) is 18.6 Å². The largest absolute Gasteiger partial charge is 0.395 e. The number of halogens is 1. The van der Waals surface area contributed by atoms with Crippen molar-refractivity contribution >= 4 is 17.5 Å². The van der Waals surface area contributed by atoms with E-state index < -0.39 is 0 Å². The summed E-state index contributed by atoms with van der Waals surface area (Å²) < 4.78 is 4.95. The van der Waals surface area contributed by atoms with Gasteiger partial charge in [-0.2, -0.15) is 0 Å². The van der Waals surface area contributed by atoms with Crippen LogP contribution in [0.2, 0.25) is 5.02 Å². The molecule has 0 atom stereocenters. The Labute approximate surface area is 112 Å². The second-order valence-electron chi connectivity index (χ2n) is 3.95. The van der Waals surface area contributed by atoms with Gasteiger partial charge in [-0.3, -0.25) is 4.79 Å². The molecule has 0 unspecified atom stereocenters. The average molecular weight is 272 g/mol. The Morgan fingerprint density at radius 3 is 2.78 bits per heavy atom. The van der Waals surface area contributed by atoms with Crippen LogP contribution in [-0.2, 0) is 4.74 Å². The van der Waals surface area contributed by atoms with Crippen LogP contribution in [0.15, 0.2) is 18.2 Å². The zero-order valence-electron chi connectivity index (χ0n) is 10.6. The molecule has 0 aromatic heterocycles. The minimum absolute atomic E-state index is 0.0844. The molecule has 1 aromatic carbocycles. The average Bonchev–Trinajstić information content (AvgIpc) is 2.37. The molecule has 0 aliphatic heterocycles. The van der Waals surface area contributed by atoms with Crippen molar-refractivity contribution in [1.29, 1.82) is 0 Å². The van der Waals surface area contributed by atoms with Crippen molar-refractivity contribution in [2.45, 2.75) is 6.92 Å². The van der Waals surface area contributed by atoms with E-state index in [1.807, 2.05) is 13.0 Å². The Hall–Kier alpha value is -1.10. The molecule has 4 nitrogen and oxygen atoms in total. The molecule has 0 saturated carbocycles. The van der Waals surface area contributed by atoms with Gasteiger partial charge >= 0.3 is 0 Å². The van der Waals surface area contributed by atoms with Crippen LogP contribution in [-0.4, -0.2) is 49.3 Å². The zero-order chi connectivity index (χ0) is 13.5. The van der Waals surface area contributed by atoms with Crippen LogP contribution in [0.4, 0.5) is 0 Å². The fourth-order valence-electron chi connectivity index (χ4n) is 1.62. The van der Waals surface area contributed by atoms with Gasteiger partial charge in [-0.25, -0.2) is 0 Å². The molecule has 0 spiro atoms. The summed E-state index contributed by atoms with van der Waals surface area (Å²) in [5.74, 6) is -0.185. The number of ether oxygens (including phenoxy) is 1. The maximum atomic E-state index is 12.3. The number of amides is 1. The molecule has 0 aliphatic carbocycles. The first-order chi connectivity index (χ1) is 8.61. The van der Waals surface area contributed by atoms with E-state index in [1.54, 1.807) is 19.2 Å². The first kappa shape index (κ1) is 15.0. The number of benzene rings is 1. The highest BCUT2D eigenvalue weighted by Crippen LogP contribution is 2.21. The summed E-state index contributed by atoms with van der Waals surface area (Å²) in [6.45, 7) is 2.89. The second-order valence-corrected chi connectivity index (χ2v) is 4.32. The number of nitrogens with zero attached hydrogens (tertiary/aromatic N) is 1. The van der Waals surface area contributed by atoms with E-state index in [4.69, 9.17) is 21.4 Å². The third-order valence-corrected chi connectivity index (χ3v) is 3.15. The predicted octanol–water partition coefficient (Wildman–Crippen LogP) is 1.73. The van der Waals surface area contributed by atoms with Gasteiger partial charge in [0.05, 0.1) is 23.8 Å². The molecule has 0 saturated heterocycles. The molecular formula is C13H18ClNO3. The van der Waals surface area contributed by atoms with Gasteiger partial charge in [0.15, 0.2) is 0 Å². The minimum Gasteiger partial charge on any atom is -0.395 e. The van der Waals surface area contributed by atoms with Crippen molar-refractivity contribution < 1.29 is 14.6 Å². The summed E-state index contributed by atoms with van der Waals surface area (Å²) in [5, 5.41) is 9.45. The molecular weight excluding hydrogens is 254 g/mol. The number of methoxy groups -OCH3 is 1. The Morgan fingerprint density at radius 1 is 1.44 bits per heavy atom. The monoisotopic (exact) mass is 271 g/mol.